The van der Waals surface area contributed by atoms with E-state index >= 15 is 0 Å². The van der Waals surface area contributed by atoms with E-state index in [9.17, 15) is 13.2 Å². The molecule has 0 unspecified atom stereocenters. The molecule has 0 saturated heterocycles. The molecule has 2 N–H and O–H groups in total. The average molecular weight is 181 g/mol. The number of nitrogens with two attached hydrogens (primary N) is 1. The molecule has 0 aliphatic carbocycles. The van der Waals surface area contributed by atoms with E-state index in [-0.39, 0.29) is 4.88 Å². The third-order valence-corrected chi connectivity index (χ3v) is 2.16. The summed E-state index contributed by atoms with van der Waals surface area (Å²) in [6.45, 7) is 0. The van der Waals surface area contributed by atoms with Crippen molar-refractivity contribution >= 4 is 11.3 Å². The van der Waals surface area contributed by atoms with Crippen LogP contribution in [0.25, 0.3) is 0 Å². The summed E-state index contributed by atoms with van der Waals surface area (Å²) in [5.41, 5.74) is 4.90. The summed E-state index contributed by atoms with van der Waals surface area (Å²) in [5, 5.41) is 1.57. The quantitative estimate of drug-likeness (QED) is 0.706. The monoisotopic (exact) mass is 181 g/mol. The van der Waals surface area contributed by atoms with Gasteiger partial charge in [0.15, 0.2) is 0 Å². The van der Waals surface area contributed by atoms with Crippen LogP contribution in [0.5, 0.6) is 0 Å². The van der Waals surface area contributed by atoms with Crippen LogP contribution in [-0.2, 0) is 0 Å². The number of hydrogen-bond donors (Lipinski definition) is 1. The Labute approximate surface area is 65.6 Å². The van der Waals surface area contributed by atoms with Gasteiger partial charge >= 0.3 is 6.18 Å². The zero-order valence-electron chi connectivity index (χ0n) is 5.43. The van der Waals surface area contributed by atoms with Gasteiger partial charge in [-0.3, -0.25) is 0 Å². The summed E-state index contributed by atoms with van der Waals surface area (Å²) in [5.74, 6) is 0. The van der Waals surface area contributed by atoms with E-state index in [4.69, 9.17) is 5.73 Å². The van der Waals surface area contributed by atoms with E-state index in [1.807, 2.05) is 0 Å². The van der Waals surface area contributed by atoms with Crippen LogP contribution in [0.15, 0.2) is 17.5 Å². The van der Waals surface area contributed by atoms with Crippen LogP contribution in [0, 0.1) is 0 Å². The van der Waals surface area contributed by atoms with E-state index in [1.54, 1.807) is 11.4 Å². The Morgan fingerprint density at radius 1 is 1.45 bits per heavy atom. The molecule has 1 nitrogen and oxygen atoms in total. The lowest BCUT2D eigenvalue weighted by atomic mass is 10.2. The van der Waals surface area contributed by atoms with Crippen LogP contribution in [0.1, 0.15) is 10.9 Å². The molecular weight excluding hydrogens is 175 g/mol. The first-order valence-electron chi connectivity index (χ1n) is 2.87. The molecule has 11 heavy (non-hydrogen) atoms. The number of hydrogen-bond acceptors (Lipinski definition) is 2. The maximum absolute atomic E-state index is 11.9. The summed E-state index contributed by atoms with van der Waals surface area (Å²) < 4.78 is 35.7. The van der Waals surface area contributed by atoms with Gasteiger partial charge < -0.3 is 5.73 Å². The van der Waals surface area contributed by atoms with Crippen molar-refractivity contribution in [1.29, 1.82) is 0 Å². The van der Waals surface area contributed by atoms with Gasteiger partial charge in [-0.1, -0.05) is 6.07 Å². The second-order valence-electron chi connectivity index (χ2n) is 2.03. The molecule has 1 rings (SSSR count). The molecule has 0 aliphatic rings. The van der Waals surface area contributed by atoms with Gasteiger partial charge in [-0.05, 0) is 11.4 Å². The second-order valence-corrected chi connectivity index (χ2v) is 3.01. The van der Waals surface area contributed by atoms with Crippen molar-refractivity contribution in [3.05, 3.63) is 22.4 Å². The Kier molecular flexibility index (Phi) is 2.20. The molecule has 5 heteroatoms. The summed E-state index contributed by atoms with van der Waals surface area (Å²) >= 11 is 1.01. The first-order valence-corrected chi connectivity index (χ1v) is 3.75. The highest BCUT2D eigenvalue weighted by molar-refractivity contribution is 7.10. The highest BCUT2D eigenvalue weighted by Gasteiger charge is 2.38. The van der Waals surface area contributed by atoms with Crippen molar-refractivity contribution in [3.63, 3.8) is 0 Å². The smallest absolute Gasteiger partial charge is 0.316 e. The Balaban J connectivity index is 2.78. The van der Waals surface area contributed by atoms with E-state index in [2.05, 4.69) is 0 Å². The molecule has 0 fully saturated rings. The van der Waals surface area contributed by atoms with Gasteiger partial charge in [0.25, 0.3) is 0 Å². The molecule has 0 amide bonds. The fraction of sp³-hybridized carbons (Fsp3) is 0.333. The van der Waals surface area contributed by atoms with Gasteiger partial charge in [0.05, 0.1) is 0 Å². The van der Waals surface area contributed by atoms with Gasteiger partial charge in [0, 0.05) is 4.88 Å². The molecule has 0 bridgehead atoms. The van der Waals surface area contributed by atoms with Crippen LogP contribution in [-0.4, -0.2) is 6.18 Å². The van der Waals surface area contributed by atoms with Crippen LogP contribution in [0.2, 0.25) is 0 Å². The predicted octanol–water partition coefficient (Wildman–Crippen LogP) is 2.31. The van der Waals surface area contributed by atoms with Gasteiger partial charge in [-0.25, -0.2) is 0 Å². The van der Waals surface area contributed by atoms with Gasteiger partial charge in [0.2, 0.25) is 0 Å². The zero-order valence-corrected chi connectivity index (χ0v) is 6.25. The third-order valence-electron chi connectivity index (χ3n) is 1.20. The summed E-state index contributed by atoms with van der Waals surface area (Å²) in [7, 11) is 0. The molecule has 1 atom stereocenters. The Morgan fingerprint density at radius 3 is 2.45 bits per heavy atom. The Hall–Kier alpha value is -0.550. The fourth-order valence-corrected chi connectivity index (χ4v) is 1.38. The molecule has 1 aromatic rings. The topological polar surface area (TPSA) is 26.0 Å². The SMILES string of the molecule is N[C@@H](c1cccs1)C(F)(F)F. The summed E-state index contributed by atoms with van der Waals surface area (Å²) in [6.07, 6.45) is -4.33. The van der Waals surface area contributed by atoms with Crippen LogP contribution in [0.3, 0.4) is 0 Å². The van der Waals surface area contributed by atoms with Crippen molar-refractivity contribution in [2.24, 2.45) is 5.73 Å². The number of thiophene rings is 1. The van der Waals surface area contributed by atoms with Crippen LogP contribution < -0.4 is 5.73 Å². The van der Waals surface area contributed by atoms with E-state index in [1.165, 1.54) is 6.07 Å². The number of rotatable bonds is 1. The number of alkyl halides is 3. The third kappa shape index (κ3) is 1.94. The van der Waals surface area contributed by atoms with E-state index in [0.717, 1.165) is 11.3 Å². The normalized spacial score (nSPS) is 14.9. The maximum atomic E-state index is 11.9. The average Bonchev–Trinajstić information content (AvgIpc) is 2.34. The van der Waals surface area contributed by atoms with Gasteiger partial charge in [-0.15, -0.1) is 11.3 Å². The minimum atomic E-state index is -4.33. The molecule has 0 aromatic carbocycles. The van der Waals surface area contributed by atoms with Crippen molar-refractivity contribution in [2.45, 2.75) is 12.2 Å². The molecular formula is C6H6F3NS. The fourth-order valence-electron chi connectivity index (χ4n) is 0.630. The molecule has 1 aromatic heterocycles. The second kappa shape index (κ2) is 2.83. The highest BCUT2D eigenvalue weighted by Crippen LogP contribution is 2.32. The van der Waals surface area contributed by atoms with Crippen molar-refractivity contribution in [1.82, 2.24) is 0 Å². The van der Waals surface area contributed by atoms with E-state index in [0.29, 0.717) is 0 Å². The lowest BCUT2D eigenvalue weighted by molar-refractivity contribution is -0.148. The zero-order chi connectivity index (χ0) is 8.48. The summed E-state index contributed by atoms with van der Waals surface area (Å²) in [6, 6.07) is 1.09. The van der Waals surface area contributed by atoms with Crippen molar-refractivity contribution in [3.8, 4) is 0 Å². The summed E-state index contributed by atoms with van der Waals surface area (Å²) in [4.78, 5) is 0.150. The molecule has 0 spiro atoms. The van der Waals surface area contributed by atoms with Gasteiger partial charge in [-0.2, -0.15) is 13.2 Å². The van der Waals surface area contributed by atoms with Crippen molar-refractivity contribution in [2.75, 3.05) is 0 Å². The van der Waals surface area contributed by atoms with Crippen LogP contribution in [0.4, 0.5) is 13.2 Å². The van der Waals surface area contributed by atoms with Gasteiger partial charge in [0.1, 0.15) is 6.04 Å². The largest absolute Gasteiger partial charge is 0.408 e. The molecule has 1 heterocycles. The Bertz CT molecular complexity index is 216. The highest BCUT2D eigenvalue weighted by atomic mass is 32.1. The molecule has 62 valence electrons. The molecule has 0 saturated carbocycles. The van der Waals surface area contributed by atoms with Crippen molar-refractivity contribution < 1.29 is 13.2 Å². The molecule has 0 aliphatic heterocycles. The minimum Gasteiger partial charge on any atom is -0.316 e. The first-order chi connectivity index (χ1) is 5.02. The predicted molar refractivity (Wildman–Crippen MR) is 37.3 cm³/mol. The lowest BCUT2D eigenvalue weighted by Gasteiger charge is -2.12. The number of halogens is 3. The molecule has 0 radical (unpaired) electrons. The maximum Gasteiger partial charge on any atom is 0.408 e. The van der Waals surface area contributed by atoms with E-state index < -0.39 is 12.2 Å². The Morgan fingerprint density at radius 2 is 2.09 bits per heavy atom. The standard InChI is InChI=1S/C6H6F3NS/c7-6(8,9)5(10)4-2-1-3-11-4/h1-3,5H,10H2/t5-/m0/s1. The first kappa shape index (κ1) is 8.55. The minimum absolute atomic E-state index is 0.150. The lowest BCUT2D eigenvalue weighted by Crippen LogP contribution is -2.27. The van der Waals surface area contributed by atoms with Crippen LogP contribution >= 0.6 is 11.3 Å².